The second kappa shape index (κ2) is 15.4. The lowest BCUT2D eigenvalue weighted by molar-refractivity contribution is -0.138. The van der Waals surface area contributed by atoms with Gasteiger partial charge in [0.15, 0.2) is 0 Å². The molecule has 0 radical (unpaired) electrons. The van der Waals surface area contributed by atoms with E-state index in [1.54, 1.807) is 0 Å². The zero-order valence-corrected chi connectivity index (χ0v) is 28.8. The smallest absolute Gasteiger partial charge is 0.303 e. The molecule has 0 aromatic carbocycles. The molecule has 268 valence electrons. The Morgan fingerprint density at radius 3 is 1.19 bits per heavy atom. The van der Waals surface area contributed by atoms with Crippen molar-refractivity contribution in [3.05, 3.63) is 22.3 Å². The number of rotatable bonds is 12. The lowest BCUT2D eigenvalue weighted by atomic mass is 9.80. The summed E-state index contributed by atoms with van der Waals surface area (Å²) in [5.74, 6) is -2.55. The molecule has 8 N–H and O–H groups in total. The minimum absolute atomic E-state index is 0.00795. The Kier molecular flexibility index (Phi) is 11.7. The van der Waals surface area contributed by atoms with Gasteiger partial charge in [0.05, 0.1) is 0 Å². The van der Waals surface area contributed by atoms with E-state index in [-0.39, 0.29) is 97.7 Å². The van der Waals surface area contributed by atoms with Crippen LogP contribution in [-0.4, -0.2) is 92.6 Å². The Morgan fingerprint density at radius 2 is 0.854 bits per heavy atom. The lowest BCUT2D eigenvalue weighted by Gasteiger charge is -2.27. The number of hydrogen-bond acceptors (Lipinski definition) is 8. The van der Waals surface area contributed by atoms with Crippen LogP contribution in [0.25, 0.3) is 0 Å². The molecule has 8 bridgehead atoms. The normalized spacial score (nSPS) is 38.1. The zero-order chi connectivity index (χ0) is 34.9. The molecule has 5 aliphatic heterocycles. The fraction of sp³-hybridized carbons (Fsp3) is 0.778. The molecule has 3 saturated heterocycles. The molecule has 5 aliphatic rings. The first-order valence-electron chi connectivity index (χ1n) is 18.0. The van der Waals surface area contributed by atoms with Crippen LogP contribution in [0.1, 0.15) is 105 Å². The Labute approximate surface area is 283 Å². The van der Waals surface area contributed by atoms with E-state index in [9.17, 15) is 39.6 Å². The standard InChI is InChI=1S/C36H56N4O8/c1-17-21(5-9-33(41)42)29-14-26-19(3)23(7-11-35(45)46)31(39-26)16-28-20(4)24(8-12-36(47)48)32(40-28)15-27-18(2)22(6-10-34(43)44)30(38-27)13-25(17)37-29/h17,20-21,24-32,37-40H,5-16H2,1-4H3,(H,41,42)(H,43,44)(H,45,46)(H,47,48). The molecule has 0 aliphatic carbocycles. The molecule has 48 heavy (non-hydrogen) atoms. The van der Waals surface area contributed by atoms with E-state index in [1.807, 2.05) is 0 Å². The molecular weight excluding hydrogens is 616 g/mol. The van der Waals surface area contributed by atoms with Gasteiger partial charge in [-0.2, -0.15) is 0 Å². The number of carbonyl (C=O) groups is 4. The van der Waals surface area contributed by atoms with Gasteiger partial charge in [-0.1, -0.05) is 36.1 Å². The number of carboxylic acids is 4. The van der Waals surface area contributed by atoms with Crippen molar-refractivity contribution >= 4 is 23.9 Å². The Balaban J connectivity index is 1.51. The van der Waals surface area contributed by atoms with Crippen molar-refractivity contribution in [2.45, 2.75) is 153 Å². The summed E-state index contributed by atoms with van der Waals surface area (Å²) in [4.78, 5) is 46.7. The van der Waals surface area contributed by atoms with Crippen molar-refractivity contribution < 1.29 is 39.6 Å². The fourth-order valence-electron chi connectivity index (χ4n) is 10.1. The topological polar surface area (TPSA) is 197 Å². The van der Waals surface area contributed by atoms with E-state index in [0.717, 1.165) is 36.8 Å². The quantitative estimate of drug-likeness (QED) is 0.141. The van der Waals surface area contributed by atoms with Gasteiger partial charge in [0.25, 0.3) is 0 Å². The molecule has 12 atom stereocenters. The van der Waals surface area contributed by atoms with Crippen LogP contribution in [0.4, 0.5) is 0 Å². The van der Waals surface area contributed by atoms with E-state index in [0.29, 0.717) is 25.7 Å². The van der Waals surface area contributed by atoms with Crippen LogP contribution in [0, 0.1) is 23.7 Å². The molecule has 0 spiro atoms. The van der Waals surface area contributed by atoms with Gasteiger partial charge in [-0.05, 0) is 88.9 Å². The number of carboxylic acid groups (broad SMARTS) is 4. The number of aliphatic carboxylic acids is 4. The lowest BCUT2D eigenvalue weighted by Crippen LogP contribution is -2.46. The van der Waals surface area contributed by atoms with Gasteiger partial charge in [0.2, 0.25) is 0 Å². The molecule has 12 heteroatoms. The molecule has 5 heterocycles. The summed E-state index contributed by atoms with van der Waals surface area (Å²) < 4.78 is 0. The maximum absolute atomic E-state index is 11.7. The molecule has 0 saturated carbocycles. The minimum atomic E-state index is -0.825. The Hall–Kier alpha value is -2.80. The first-order chi connectivity index (χ1) is 22.7. The predicted molar refractivity (Wildman–Crippen MR) is 180 cm³/mol. The van der Waals surface area contributed by atoms with E-state index >= 15 is 0 Å². The molecular formula is C36H56N4O8. The largest absolute Gasteiger partial charge is 0.481 e. The van der Waals surface area contributed by atoms with Gasteiger partial charge >= 0.3 is 23.9 Å². The summed E-state index contributed by atoms with van der Waals surface area (Å²) in [7, 11) is 0. The summed E-state index contributed by atoms with van der Waals surface area (Å²) in [6.07, 6.45) is 5.46. The van der Waals surface area contributed by atoms with E-state index in [1.165, 1.54) is 11.1 Å². The van der Waals surface area contributed by atoms with Crippen LogP contribution in [0.15, 0.2) is 22.3 Å². The molecule has 12 unspecified atom stereocenters. The second-order valence-corrected chi connectivity index (χ2v) is 15.4. The highest BCUT2D eigenvalue weighted by molar-refractivity contribution is 5.68. The first kappa shape index (κ1) is 36.5. The SMILES string of the molecule is CC1=C(CCC(=O)O)C2CC3NC(CC4NC(CC5NC(CC1N2)C(CCC(=O)O)C5C)C(CCC(=O)O)=C4C)C(CCC(=O)O)C3C. The first-order valence-corrected chi connectivity index (χ1v) is 18.0. The number of fused-ring (bicyclic) bond motifs is 8. The summed E-state index contributed by atoms with van der Waals surface area (Å²) >= 11 is 0. The predicted octanol–water partition coefficient (Wildman–Crippen LogP) is 3.52. The number of hydrogen-bond donors (Lipinski definition) is 8. The van der Waals surface area contributed by atoms with Gasteiger partial charge in [0.1, 0.15) is 0 Å². The van der Waals surface area contributed by atoms with Crippen LogP contribution >= 0.6 is 0 Å². The van der Waals surface area contributed by atoms with Crippen molar-refractivity contribution in [3.63, 3.8) is 0 Å². The third-order valence-corrected chi connectivity index (χ3v) is 12.8. The van der Waals surface area contributed by atoms with Crippen LogP contribution < -0.4 is 21.3 Å². The summed E-state index contributed by atoms with van der Waals surface area (Å²) in [6, 6.07) is 0.397. The van der Waals surface area contributed by atoms with Crippen LogP contribution in [0.2, 0.25) is 0 Å². The Morgan fingerprint density at radius 1 is 0.521 bits per heavy atom. The second-order valence-electron chi connectivity index (χ2n) is 15.4. The summed E-state index contributed by atoms with van der Waals surface area (Å²) in [6.45, 7) is 8.64. The average molecular weight is 673 g/mol. The maximum Gasteiger partial charge on any atom is 0.303 e. The van der Waals surface area contributed by atoms with Gasteiger partial charge in [0, 0.05) is 74.0 Å². The van der Waals surface area contributed by atoms with E-state index < -0.39 is 23.9 Å². The third-order valence-electron chi connectivity index (χ3n) is 12.8. The van der Waals surface area contributed by atoms with Gasteiger partial charge in [-0.3, -0.25) is 19.2 Å². The van der Waals surface area contributed by atoms with Crippen LogP contribution in [0.5, 0.6) is 0 Å². The molecule has 3 fully saturated rings. The zero-order valence-electron chi connectivity index (χ0n) is 28.8. The van der Waals surface area contributed by atoms with Crippen molar-refractivity contribution in [1.29, 1.82) is 0 Å². The summed E-state index contributed by atoms with van der Waals surface area (Å²) in [5, 5.41) is 54.0. The van der Waals surface area contributed by atoms with Crippen LogP contribution in [0.3, 0.4) is 0 Å². The van der Waals surface area contributed by atoms with E-state index in [4.69, 9.17) is 0 Å². The van der Waals surface area contributed by atoms with Crippen LogP contribution in [-0.2, 0) is 19.2 Å². The highest BCUT2D eigenvalue weighted by Crippen LogP contribution is 2.43. The Bertz CT molecular complexity index is 1220. The van der Waals surface area contributed by atoms with Crippen molar-refractivity contribution in [1.82, 2.24) is 21.3 Å². The van der Waals surface area contributed by atoms with Crippen molar-refractivity contribution in [2.75, 3.05) is 0 Å². The fourth-order valence-corrected chi connectivity index (χ4v) is 10.1. The highest BCUT2D eigenvalue weighted by Gasteiger charge is 2.48. The van der Waals surface area contributed by atoms with Gasteiger partial charge in [-0.15, -0.1) is 0 Å². The van der Waals surface area contributed by atoms with Crippen molar-refractivity contribution in [3.8, 4) is 0 Å². The summed E-state index contributed by atoms with van der Waals surface area (Å²) in [5.41, 5.74) is 4.66. The number of nitrogens with one attached hydrogen (secondary N) is 4. The highest BCUT2D eigenvalue weighted by atomic mass is 16.4. The maximum atomic E-state index is 11.7. The van der Waals surface area contributed by atoms with Crippen molar-refractivity contribution in [2.24, 2.45) is 23.7 Å². The third kappa shape index (κ3) is 8.14. The molecule has 5 rings (SSSR count). The monoisotopic (exact) mass is 672 g/mol. The molecule has 0 aromatic heterocycles. The van der Waals surface area contributed by atoms with E-state index in [2.05, 4.69) is 49.0 Å². The molecule has 0 aromatic rings. The molecule has 0 amide bonds. The molecule has 12 nitrogen and oxygen atoms in total. The van der Waals surface area contributed by atoms with Gasteiger partial charge < -0.3 is 41.7 Å². The average Bonchev–Trinajstić information content (AvgIpc) is 3.66. The van der Waals surface area contributed by atoms with Gasteiger partial charge in [-0.25, -0.2) is 0 Å². The minimum Gasteiger partial charge on any atom is -0.481 e.